The number of nitro benzene ring substituents is 1. The third-order valence-corrected chi connectivity index (χ3v) is 6.37. The standard InChI is InChI=1S/C24H20N4O4S/c1-3-32-23(29)24(15-25)21(17-8-6-16(2)7-9-17)22(20-5-4-14-33-20)26-27(24)18-10-12-19(13-11-18)28(30)31/h4-14,21H,3H2,1-2H3/t21-,24+/m0/s1. The Morgan fingerprint density at radius 1 is 1.24 bits per heavy atom. The summed E-state index contributed by atoms with van der Waals surface area (Å²) in [6, 6.07) is 19.2. The summed E-state index contributed by atoms with van der Waals surface area (Å²) >= 11 is 1.45. The number of ether oxygens (including phenoxy) is 1. The molecule has 1 aliphatic rings. The quantitative estimate of drug-likeness (QED) is 0.297. The van der Waals surface area contributed by atoms with Gasteiger partial charge in [-0.1, -0.05) is 35.9 Å². The summed E-state index contributed by atoms with van der Waals surface area (Å²) in [6.07, 6.45) is 0. The van der Waals surface area contributed by atoms with Gasteiger partial charge in [-0.05, 0) is 43.0 Å². The second-order valence-electron chi connectivity index (χ2n) is 7.49. The van der Waals surface area contributed by atoms with Gasteiger partial charge in [0.2, 0.25) is 0 Å². The molecule has 2 heterocycles. The highest BCUT2D eigenvalue weighted by molar-refractivity contribution is 7.12. The molecule has 2 aromatic carbocycles. The van der Waals surface area contributed by atoms with Crippen molar-refractivity contribution in [3.63, 3.8) is 0 Å². The molecule has 0 aliphatic carbocycles. The molecule has 0 spiro atoms. The maximum absolute atomic E-state index is 13.5. The molecule has 0 unspecified atom stereocenters. The third kappa shape index (κ3) is 3.75. The van der Waals surface area contributed by atoms with Gasteiger partial charge >= 0.3 is 5.97 Å². The summed E-state index contributed by atoms with van der Waals surface area (Å²) in [5.41, 5.74) is 0.777. The lowest BCUT2D eigenvalue weighted by Gasteiger charge is -2.34. The highest BCUT2D eigenvalue weighted by Gasteiger charge is 2.60. The fourth-order valence-electron chi connectivity index (χ4n) is 3.92. The number of benzene rings is 2. The predicted molar refractivity (Wildman–Crippen MR) is 125 cm³/mol. The summed E-state index contributed by atoms with van der Waals surface area (Å²) in [4.78, 5) is 24.9. The third-order valence-electron chi connectivity index (χ3n) is 5.48. The number of carbonyl (C=O) groups excluding carboxylic acids is 1. The molecular weight excluding hydrogens is 440 g/mol. The van der Waals surface area contributed by atoms with E-state index in [0.29, 0.717) is 11.4 Å². The minimum atomic E-state index is -1.83. The van der Waals surface area contributed by atoms with Crippen molar-refractivity contribution >= 4 is 34.4 Å². The van der Waals surface area contributed by atoms with Crippen molar-refractivity contribution in [2.45, 2.75) is 25.3 Å². The summed E-state index contributed by atoms with van der Waals surface area (Å²) in [6.45, 7) is 3.72. The van der Waals surface area contributed by atoms with Gasteiger partial charge in [0, 0.05) is 12.1 Å². The van der Waals surface area contributed by atoms with Crippen LogP contribution in [0.3, 0.4) is 0 Å². The smallest absolute Gasteiger partial charge is 0.350 e. The van der Waals surface area contributed by atoms with E-state index in [2.05, 4.69) is 6.07 Å². The van der Waals surface area contributed by atoms with Crippen LogP contribution in [0.4, 0.5) is 11.4 Å². The van der Waals surface area contributed by atoms with E-state index in [9.17, 15) is 20.2 Å². The zero-order valence-corrected chi connectivity index (χ0v) is 18.8. The van der Waals surface area contributed by atoms with Crippen LogP contribution in [0.1, 0.15) is 28.8 Å². The molecule has 8 nitrogen and oxygen atoms in total. The van der Waals surface area contributed by atoms with Crippen molar-refractivity contribution < 1.29 is 14.5 Å². The average Bonchev–Trinajstić information content (AvgIpc) is 3.46. The van der Waals surface area contributed by atoms with Gasteiger partial charge in [-0.3, -0.25) is 10.1 Å². The molecule has 2 atom stereocenters. The van der Waals surface area contributed by atoms with Gasteiger partial charge in [0.25, 0.3) is 11.2 Å². The first-order valence-corrected chi connectivity index (χ1v) is 11.1. The predicted octanol–water partition coefficient (Wildman–Crippen LogP) is 4.80. The molecule has 166 valence electrons. The highest BCUT2D eigenvalue weighted by Crippen LogP contribution is 2.46. The van der Waals surface area contributed by atoms with Crippen molar-refractivity contribution in [1.29, 1.82) is 5.26 Å². The van der Waals surface area contributed by atoms with E-state index in [1.165, 1.54) is 40.6 Å². The zero-order chi connectivity index (χ0) is 23.6. The Bertz CT molecular complexity index is 1250. The molecule has 3 aromatic rings. The first-order valence-electron chi connectivity index (χ1n) is 10.2. The number of nitrogens with zero attached hydrogens (tertiary/aromatic N) is 4. The molecule has 0 N–H and O–H groups in total. The Labute approximate surface area is 194 Å². The van der Waals surface area contributed by atoms with Crippen LogP contribution >= 0.6 is 11.3 Å². The number of nitriles is 1. The minimum Gasteiger partial charge on any atom is -0.463 e. The van der Waals surface area contributed by atoms with Gasteiger partial charge in [-0.15, -0.1) is 11.3 Å². The number of hydrazone groups is 1. The topological polar surface area (TPSA) is 109 Å². The fraction of sp³-hybridized carbons (Fsp3) is 0.208. The van der Waals surface area contributed by atoms with Crippen LogP contribution in [0.2, 0.25) is 0 Å². The molecule has 33 heavy (non-hydrogen) atoms. The number of aryl methyl sites for hydroxylation is 1. The number of hydrogen-bond donors (Lipinski definition) is 0. The molecule has 0 radical (unpaired) electrons. The van der Waals surface area contributed by atoms with Crippen molar-refractivity contribution in [2.75, 3.05) is 11.6 Å². The number of esters is 1. The largest absolute Gasteiger partial charge is 0.463 e. The number of non-ortho nitro benzene ring substituents is 1. The summed E-state index contributed by atoms with van der Waals surface area (Å²) in [5, 5.41) is 29.6. The molecule has 0 saturated carbocycles. The van der Waals surface area contributed by atoms with Crippen LogP contribution in [0.15, 0.2) is 71.1 Å². The van der Waals surface area contributed by atoms with E-state index in [0.717, 1.165) is 16.0 Å². The second-order valence-corrected chi connectivity index (χ2v) is 8.44. The van der Waals surface area contributed by atoms with Crippen LogP contribution in [0.25, 0.3) is 0 Å². The Morgan fingerprint density at radius 2 is 1.94 bits per heavy atom. The maximum Gasteiger partial charge on any atom is 0.350 e. The molecular formula is C24H20N4O4S. The van der Waals surface area contributed by atoms with E-state index < -0.39 is 22.3 Å². The highest BCUT2D eigenvalue weighted by atomic mass is 32.1. The number of carbonyl (C=O) groups is 1. The van der Waals surface area contributed by atoms with Crippen LogP contribution in [-0.4, -0.2) is 28.8 Å². The van der Waals surface area contributed by atoms with E-state index in [1.807, 2.05) is 48.7 Å². The minimum absolute atomic E-state index is 0.0886. The normalized spacial score (nSPS) is 19.6. The molecule has 4 rings (SSSR count). The number of hydrogen-bond acceptors (Lipinski definition) is 8. The monoisotopic (exact) mass is 460 g/mol. The van der Waals surface area contributed by atoms with Gasteiger partial charge in [-0.25, -0.2) is 9.80 Å². The van der Waals surface area contributed by atoms with Gasteiger partial charge in [0.15, 0.2) is 0 Å². The van der Waals surface area contributed by atoms with Crippen molar-refractivity contribution in [3.8, 4) is 6.07 Å². The number of rotatable bonds is 6. The van der Waals surface area contributed by atoms with Crippen LogP contribution in [0.5, 0.6) is 0 Å². The Balaban J connectivity index is 1.96. The molecule has 9 heteroatoms. The Hall–Kier alpha value is -4.03. The molecule has 0 bridgehead atoms. The van der Waals surface area contributed by atoms with E-state index in [-0.39, 0.29) is 12.3 Å². The molecule has 0 saturated heterocycles. The van der Waals surface area contributed by atoms with E-state index in [4.69, 9.17) is 9.84 Å². The van der Waals surface area contributed by atoms with Crippen molar-refractivity contribution in [3.05, 3.63) is 92.2 Å². The maximum atomic E-state index is 13.5. The summed E-state index contributed by atoms with van der Waals surface area (Å²) < 4.78 is 5.39. The Morgan fingerprint density at radius 3 is 2.48 bits per heavy atom. The molecule has 0 amide bonds. The van der Waals surface area contributed by atoms with Crippen molar-refractivity contribution in [1.82, 2.24) is 0 Å². The van der Waals surface area contributed by atoms with E-state index >= 15 is 0 Å². The van der Waals surface area contributed by atoms with Crippen molar-refractivity contribution in [2.24, 2.45) is 5.10 Å². The van der Waals surface area contributed by atoms with Gasteiger partial charge in [0.1, 0.15) is 6.07 Å². The van der Waals surface area contributed by atoms with Gasteiger partial charge in [-0.2, -0.15) is 10.4 Å². The SMILES string of the molecule is CCOC(=O)[C@@]1(C#N)[C@@H](c2ccc(C)cc2)C(c2cccs2)=NN1c1ccc([N+](=O)[O-])cc1. The molecule has 1 aromatic heterocycles. The van der Waals surface area contributed by atoms with Gasteiger partial charge < -0.3 is 4.74 Å². The fourth-order valence-corrected chi connectivity index (χ4v) is 4.66. The number of nitro groups is 1. The summed E-state index contributed by atoms with van der Waals surface area (Å²) in [7, 11) is 0. The van der Waals surface area contributed by atoms with E-state index in [1.54, 1.807) is 6.92 Å². The number of thiophene rings is 1. The van der Waals surface area contributed by atoms with Crippen LogP contribution in [0, 0.1) is 28.4 Å². The zero-order valence-electron chi connectivity index (χ0n) is 18.0. The van der Waals surface area contributed by atoms with Crippen LogP contribution < -0.4 is 5.01 Å². The lowest BCUT2D eigenvalue weighted by Crippen LogP contribution is -2.54. The molecule has 0 fully saturated rings. The van der Waals surface area contributed by atoms with Gasteiger partial charge in [0.05, 0.1) is 33.7 Å². The average molecular weight is 461 g/mol. The molecule has 1 aliphatic heterocycles. The summed E-state index contributed by atoms with van der Waals surface area (Å²) in [5.74, 6) is -1.47. The van der Waals surface area contributed by atoms with Crippen LogP contribution in [-0.2, 0) is 9.53 Å². The second kappa shape index (κ2) is 8.84. The lowest BCUT2D eigenvalue weighted by molar-refractivity contribution is -0.384. The lowest BCUT2D eigenvalue weighted by atomic mass is 9.77. The first kappa shape index (κ1) is 22.2. The Kier molecular flexibility index (Phi) is 5.94. The first-order chi connectivity index (χ1) is 15.9. The number of anilines is 1.